The summed E-state index contributed by atoms with van der Waals surface area (Å²) in [7, 11) is 0. The monoisotopic (exact) mass is 442 g/mol. The van der Waals surface area contributed by atoms with E-state index in [9.17, 15) is 9.59 Å². The van der Waals surface area contributed by atoms with E-state index in [-0.39, 0.29) is 17.7 Å². The molecule has 1 aromatic heterocycles. The Kier molecular flexibility index (Phi) is 5.67. The Morgan fingerprint density at radius 2 is 1.93 bits per heavy atom. The largest absolute Gasteiger partial charge is 0.419 e. The van der Waals surface area contributed by atoms with E-state index in [0.29, 0.717) is 30.9 Å². The van der Waals surface area contributed by atoms with E-state index in [2.05, 4.69) is 33.4 Å². The second-order valence-corrected chi connectivity index (χ2v) is 8.29. The van der Waals surface area contributed by atoms with E-state index < -0.39 is 0 Å². The number of benzene rings is 2. The van der Waals surface area contributed by atoms with Crippen LogP contribution in [0.1, 0.15) is 43.7 Å². The first kappa shape index (κ1) is 19.0. The van der Waals surface area contributed by atoms with Gasteiger partial charge in [0.1, 0.15) is 0 Å². The highest BCUT2D eigenvalue weighted by molar-refractivity contribution is 9.10. The highest BCUT2D eigenvalue weighted by Gasteiger charge is 2.29. The van der Waals surface area contributed by atoms with Crippen molar-refractivity contribution in [3.63, 3.8) is 0 Å². The van der Waals surface area contributed by atoms with Gasteiger partial charge in [-0.05, 0) is 55.0 Å². The molecule has 1 N–H and O–H groups in total. The topological polar surface area (TPSA) is 64.2 Å². The number of aromatic nitrogens is 1. The first-order valence-corrected chi connectivity index (χ1v) is 10.5. The van der Waals surface area contributed by atoms with E-state index in [0.717, 1.165) is 28.4 Å². The van der Waals surface area contributed by atoms with Crippen LogP contribution in [0.15, 0.2) is 62.2 Å². The van der Waals surface area contributed by atoms with Gasteiger partial charge in [-0.2, -0.15) is 0 Å². The molecule has 3 aromatic rings. The predicted octanol–water partition coefficient (Wildman–Crippen LogP) is 4.79. The summed E-state index contributed by atoms with van der Waals surface area (Å²) in [5, 5.41) is 3.22. The standard InChI is InChI=1S/C22H23BrN2O3/c23-17-12-10-16(11-13-17)21(15-5-3-6-15)24-20(26)9-4-14-25-18-7-1-2-8-19(18)28-22(25)27/h1-2,7-8,10-13,15,21H,3-6,9,14H2,(H,24,26). The fraction of sp³-hybridized carbons (Fsp3) is 0.364. The number of oxazole rings is 1. The van der Waals surface area contributed by atoms with E-state index in [1.165, 1.54) is 6.42 Å². The molecule has 4 rings (SSSR count). The molecular formula is C22H23BrN2O3. The zero-order chi connectivity index (χ0) is 19.5. The molecule has 1 aliphatic rings. The number of amides is 1. The minimum absolute atomic E-state index is 0.0284. The van der Waals surface area contributed by atoms with Crippen molar-refractivity contribution in [2.45, 2.75) is 44.7 Å². The number of hydrogen-bond donors (Lipinski definition) is 1. The summed E-state index contributed by atoms with van der Waals surface area (Å²) in [5.74, 6) is 0.162. The Morgan fingerprint density at radius 3 is 2.64 bits per heavy atom. The first-order valence-electron chi connectivity index (χ1n) is 9.75. The normalized spacial score (nSPS) is 15.3. The molecule has 1 saturated carbocycles. The maximum atomic E-state index is 12.6. The van der Waals surface area contributed by atoms with Gasteiger partial charge in [0.2, 0.25) is 5.91 Å². The van der Waals surface area contributed by atoms with Crippen LogP contribution in [-0.4, -0.2) is 10.5 Å². The summed E-state index contributed by atoms with van der Waals surface area (Å²) in [6.07, 6.45) is 4.50. The van der Waals surface area contributed by atoms with Gasteiger partial charge in [0.05, 0.1) is 11.6 Å². The third kappa shape index (κ3) is 4.07. The molecular weight excluding hydrogens is 420 g/mol. The molecule has 0 aliphatic heterocycles. The smallest absolute Gasteiger partial charge is 0.408 e. The summed E-state index contributed by atoms with van der Waals surface area (Å²) in [5.41, 5.74) is 2.51. The van der Waals surface area contributed by atoms with Crippen molar-refractivity contribution in [3.05, 3.63) is 69.1 Å². The number of carbonyl (C=O) groups is 1. The molecule has 6 heteroatoms. The first-order chi connectivity index (χ1) is 13.6. The Balaban J connectivity index is 1.38. The van der Waals surface area contributed by atoms with Crippen LogP contribution in [-0.2, 0) is 11.3 Å². The average molecular weight is 443 g/mol. The SMILES string of the molecule is O=C(CCCn1c(=O)oc2ccccc21)NC(c1ccc(Br)cc1)C1CCC1. The lowest BCUT2D eigenvalue weighted by Gasteiger charge is -2.34. The minimum atomic E-state index is -0.371. The summed E-state index contributed by atoms with van der Waals surface area (Å²) < 4.78 is 7.88. The fourth-order valence-electron chi connectivity index (χ4n) is 3.79. The van der Waals surface area contributed by atoms with Crippen molar-refractivity contribution in [1.29, 1.82) is 0 Å². The number of rotatable bonds is 7. The number of fused-ring (bicyclic) bond motifs is 1. The van der Waals surface area contributed by atoms with Crippen LogP contribution in [0.4, 0.5) is 0 Å². The summed E-state index contributed by atoms with van der Waals surface area (Å²) >= 11 is 3.47. The molecule has 5 nitrogen and oxygen atoms in total. The molecule has 0 spiro atoms. The predicted molar refractivity (Wildman–Crippen MR) is 112 cm³/mol. The Morgan fingerprint density at radius 1 is 1.18 bits per heavy atom. The Bertz CT molecular complexity index is 1020. The second kappa shape index (κ2) is 8.35. The van der Waals surface area contributed by atoms with Gasteiger partial charge in [-0.25, -0.2) is 4.79 Å². The van der Waals surface area contributed by atoms with Crippen LogP contribution >= 0.6 is 15.9 Å². The summed E-state index contributed by atoms with van der Waals surface area (Å²) in [6, 6.07) is 15.6. The van der Waals surface area contributed by atoms with Gasteiger partial charge in [-0.1, -0.05) is 46.6 Å². The van der Waals surface area contributed by atoms with Gasteiger partial charge in [0, 0.05) is 17.4 Å². The van der Waals surface area contributed by atoms with Crippen molar-refractivity contribution in [3.8, 4) is 0 Å². The molecule has 1 amide bonds. The molecule has 1 heterocycles. The van der Waals surface area contributed by atoms with E-state index >= 15 is 0 Å². The van der Waals surface area contributed by atoms with E-state index in [1.54, 1.807) is 10.6 Å². The lowest BCUT2D eigenvalue weighted by atomic mass is 9.77. The number of nitrogens with one attached hydrogen (secondary N) is 1. The van der Waals surface area contributed by atoms with Crippen molar-refractivity contribution >= 4 is 32.9 Å². The molecule has 146 valence electrons. The van der Waals surface area contributed by atoms with Gasteiger partial charge in [0.25, 0.3) is 0 Å². The van der Waals surface area contributed by atoms with Crippen molar-refractivity contribution < 1.29 is 9.21 Å². The highest BCUT2D eigenvalue weighted by atomic mass is 79.9. The van der Waals surface area contributed by atoms with Gasteiger partial charge in [-0.3, -0.25) is 9.36 Å². The maximum Gasteiger partial charge on any atom is 0.419 e. The Hall–Kier alpha value is -2.34. The van der Waals surface area contributed by atoms with Gasteiger partial charge in [0.15, 0.2) is 5.58 Å². The number of hydrogen-bond acceptors (Lipinski definition) is 3. The molecule has 2 aromatic carbocycles. The molecule has 1 aliphatic carbocycles. The second-order valence-electron chi connectivity index (χ2n) is 7.38. The fourth-order valence-corrected chi connectivity index (χ4v) is 4.05. The van der Waals surface area contributed by atoms with Crippen LogP contribution < -0.4 is 11.1 Å². The van der Waals surface area contributed by atoms with Crippen molar-refractivity contribution in [2.75, 3.05) is 0 Å². The molecule has 28 heavy (non-hydrogen) atoms. The number of halogens is 1. The zero-order valence-corrected chi connectivity index (χ0v) is 17.2. The third-order valence-corrected chi connectivity index (χ3v) is 6.05. The molecule has 0 saturated heterocycles. The van der Waals surface area contributed by atoms with Crippen LogP contribution in [0.5, 0.6) is 0 Å². The quantitative estimate of drug-likeness (QED) is 0.571. The van der Waals surface area contributed by atoms with E-state index in [1.807, 2.05) is 30.3 Å². The van der Waals surface area contributed by atoms with E-state index in [4.69, 9.17) is 4.42 Å². The Labute approximate surface area is 171 Å². The minimum Gasteiger partial charge on any atom is -0.408 e. The lowest BCUT2D eigenvalue weighted by Crippen LogP contribution is -2.36. The summed E-state index contributed by atoms with van der Waals surface area (Å²) in [6.45, 7) is 0.468. The number of aryl methyl sites for hydroxylation is 1. The summed E-state index contributed by atoms with van der Waals surface area (Å²) in [4.78, 5) is 24.6. The van der Waals surface area contributed by atoms with Gasteiger partial charge >= 0.3 is 5.76 Å². The third-order valence-electron chi connectivity index (χ3n) is 5.53. The van der Waals surface area contributed by atoms with Crippen LogP contribution in [0.2, 0.25) is 0 Å². The zero-order valence-electron chi connectivity index (χ0n) is 15.6. The lowest BCUT2D eigenvalue weighted by molar-refractivity contribution is -0.122. The molecule has 1 unspecified atom stereocenters. The van der Waals surface area contributed by atoms with Crippen LogP contribution in [0, 0.1) is 5.92 Å². The van der Waals surface area contributed by atoms with Gasteiger partial charge in [-0.15, -0.1) is 0 Å². The number of carbonyl (C=O) groups excluding carboxylic acids is 1. The van der Waals surface area contributed by atoms with Crippen molar-refractivity contribution in [1.82, 2.24) is 9.88 Å². The number of para-hydroxylation sites is 2. The van der Waals surface area contributed by atoms with Gasteiger partial charge < -0.3 is 9.73 Å². The molecule has 1 fully saturated rings. The van der Waals surface area contributed by atoms with Crippen molar-refractivity contribution in [2.24, 2.45) is 5.92 Å². The number of nitrogens with zero attached hydrogens (tertiary/aromatic N) is 1. The molecule has 0 radical (unpaired) electrons. The average Bonchev–Trinajstić information content (AvgIpc) is 2.96. The maximum absolute atomic E-state index is 12.6. The molecule has 0 bridgehead atoms. The molecule has 1 atom stereocenters. The van der Waals surface area contributed by atoms with Crippen LogP contribution in [0.3, 0.4) is 0 Å². The highest BCUT2D eigenvalue weighted by Crippen LogP contribution is 2.38. The van der Waals surface area contributed by atoms with Crippen LogP contribution in [0.25, 0.3) is 11.1 Å².